The smallest absolute Gasteiger partial charge is 0.115 e. The van der Waals surface area contributed by atoms with Crippen molar-refractivity contribution in [1.82, 2.24) is 0 Å². The quantitative estimate of drug-likeness (QED) is 0.627. The zero-order valence-corrected chi connectivity index (χ0v) is 16.2. The summed E-state index contributed by atoms with van der Waals surface area (Å²) in [4.78, 5) is 0. The van der Waals surface area contributed by atoms with E-state index in [0.29, 0.717) is 29.3 Å². The third kappa shape index (κ3) is 4.56. The van der Waals surface area contributed by atoms with E-state index in [0.717, 1.165) is 12.8 Å². The number of rotatable bonds is 7. The lowest BCUT2D eigenvalue weighted by molar-refractivity contribution is 0.251. The van der Waals surface area contributed by atoms with Gasteiger partial charge < -0.3 is 10.2 Å². The number of phenols is 2. The van der Waals surface area contributed by atoms with Crippen LogP contribution in [0.1, 0.15) is 64.5 Å². The van der Waals surface area contributed by atoms with E-state index in [9.17, 15) is 10.2 Å². The highest BCUT2D eigenvalue weighted by molar-refractivity contribution is 5.32. The van der Waals surface area contributed by atoms with Gasteiger partial charge in [-0.1, -0.05) is 65.3 Å². The molecule has 2 unspecified atom stereocenters. The molecule has 2 heteroatoms. The Hall–Kier alpha value is -1.96. The summed E-state index contributed by atoms with van der Waals surface area (Å²) in [5, 5.41) is 19.2. The Kier molecular flexibility index (Phi) is 6.16. The summed E-state index contributed by atoms with van der Waals surface area (Å²) in [5.41, 5.74) is 2.60. The van der Waals surface area contributed by atoms with Crippen LogP contribution in [0.15, 0.2) is 48.5 Å². The zero-order chi connectivity index (χ0) is 18.6. The largest absolute Gasteiger partial charge is 0.508 e. The van der Waals surface area contributed by atoms with E-state index in [2.05, 4.69) is 46.8 Å². The molecule has 2 N–H and O–H groups in total. The van der Waals surface area contributed by atoms with Gasteiger partial charge in [0.05, 0.1) is 0 Å². The van der Waals surface area contributed by atoms with Crippen molar-refractivity contribution in [3.63, 3.8) is 0 Å². The first-order valence-electron chi connectivity index (χ1n) is 9.34. The summed E-state index contributed by atoms with van der Waals surface area (Å²) >= 11 is 0. The summed E-state index contributed by atoms with van der Waals surface area (Å²) < 4.78 is 0. The molecular formula is C23H32O2. The SMILES string of the molecule is CCC(CC(c1ccc(O)cc1)C(C)C)C(C)(C)c1ccc(O)cc1. The molecule has 0 fully saturated rings. The van der Waals surface area contributed by atoms with Crippen LogP contribution in [0.4, 0.5) is 0 Å². The summed E-state index contributed by atoms with van der Waals surface area (Å²) in [6, 6.07) is 15.3. The highest BCUT2D eigenvalue weighted by Crippen LogP contribution is 2.42. The molecule has 2 atom stereocenters. The van der Waals surface area contributed by atoms with E-state index < -0.39 is 0 Å². The molecule has 136 valence electrons. The van der Waals surface area contributed by atoms with Crippen LogP contribution in [0.2, 0.25) is 0 Å². The zero-order valence-electron chi connectivity index (χ0n) is 16.2. The number of aromatic hydroxyl groups is 2. The van der Waals surface area contributed by atoms with Crippen LogP contribution < -0.4 is 0 Å². The topological polar surface area (TPSA) is 40.5 Å². The van der Waals surface area contributed by atoms with Gasteiger partial charge in [0, 0.05) is 0 Å². The maximum Gasteiger partial charge on any atom is 0.115 e. The van der Waals surface area contributed by atoms with Crippen molar-refractivity contribution in [2.24, 2.45) is 11.8 Å². The Balaban J connectivity index is 2.28. The molecule has 2 aromatic carbocycles. The predicted molar refractivity (Wildman–Crippen MR) is 105 cm³/mol. The molecule has 2 aromatic rings. The van der Waals surface area contributed by atoms with Crippen LogP contribution in [0.25, 0.3) is 0 Å². The van der Waals surface area contributed by atoms with Crippen molar-refractivity contribution in [1.29, 1.82) is 0 Å². The number of hydrogen-bond acceptors (Lipinski definition) is 2. The molecule has 0 radical (unpaired) electrons. The van der Waals surface area contributed by atoms with Gasteiger partial charge in [0.1, 0.15) is 11.5 Å². The summed E-state index contributed by atoms with van der Waals surface area (Å²) in [6.45, 7) is 11.4. The lowest BCUT2D eigenvalue weighted by atomic mass is 9.67. The summed E-state index contributed by atoms with van der Waals surface area (Å²) in [5.74, 6) is 2.16. The molecule has 2 rings (SSSR count). The van der Waals surface area contributed by atoms with Crippen molar-refractivity contribution in [3.05, 3.63) is 59.7 Å². The van der Waals surface area contributed by atoms with Gasteiger partial charge in [-0.25, -0.2) is 0 Å². The minimum Gasteiger partial charge on any atom is -0.508 e. The van der Waals surface area contributed by atoms with Gasteiger partial charge in [-0.05, 0) is 65.0 Å². The number of benzene rings is 2. The van der Waals surface area contributed by atoms with Crippen molar-refractivity contribution in [2.75, 3.05) is 0 Å². The minimum atomic E-state index is 0.0342. The molecule has 0 aliphatic carbocycles. The lowest BCUT2D eigenvalue weighted by Crippen LogP contribution is -2.30. The van der Waals surface area contributed by atoms with Crippen molar-refractivity contribution in [3.8, 4) is 11.5 Å². The van der Waals surface area contributed by atoms with Crippen molar-refractivity contribution < 1.29 is 10.2 Å². The number of phenolic OH excluding ortho intramolecular Hbond substituents is 2. The highest BCUT2D eigenvalue weighted by atomic mass is 16.3. The Morgan fingerprint density at radius 3 is 1.76 bits per heavy atom. The highest BCUT2D eigenvalue weighted by Gasteiger charge is 2.33. The Morgan fingerprint density at radius 1 is 0.840 bits per heavy atom. The van der Waals surface area contributed by atoms with Crippen LogP contribution in [-0.2, 0) is 5.41 Å². The fourth-order valence-corrected chi connectivity index (χ4v) is 3.92. The third-order valence-electron chi connectivity index (χ3n) is 5.79. The van der Waals surface area contributed by atoms with Crippen molar-refractivity contribution >= 4 is 0 Å². The predicted octanol–water partition coefficient (Wildman–Crippen LogP) is 6.23. The van der Waals surface area contributed by atoms with E-state index in [1.807, 2.05) is 12.1 Å². The van der Waals surface area contributed by atoms with Gasteiger partial charge in [0.25, 0.3) is 0 Å². The fraction of sp³-hybridized carbons (Fsp3) is 0.478. The Bertz CT molecular complexity index is 653. The van der Waals surface area contributed by atoms with E-state index in [1.165, 1.54) is 11.1 Å². The molecule has 0 aromatic heterocycles. The van der Waals surface area contributed by atoms with Gasteiger partial charge in [-0.2, -0.15) is 0 Å². The summed E-state index contributed by atoms with van der Waals surface area (Å²) in [6.07, 6.45) is 2.21. The Morgan fingerprint density at radius 2 is 1.32 bits per heavy atom. The maximum atomic E-state index is 9.59. The van der Waals surface area contributed by atoms with E-state index >= 15 is 0 Å². The van der Waals surface area contributed by atoms with Crippen molar-refractivity contribution in [2.45, 2.75) is 58.8 Å². The van der Waals surface area contributed by atoms with Crippen LogP contribution in [0.3, 0.4) is 0 Å². The van der Waals surface area contributed by atoms with Gasteiger partial charge in [0.2, 0.25) is 0 Å². The average Bonchev–Trinajstić information content (AvgIpc) is 2.57. The first kappa shape index (κ1) is 19.4. The van der Waals surface area contributed by atoms with E-state index in [-0.39, 0.29) is 5.41 Å². The van der Waals surface area contributed by atoms with Gasteiger partial charge in [-0.3, -0.25) is 0 Å². The molecule has 0 amide bonds. The molecule has 0 aliphatic rings. The first-order valence-corrected chi connectivity index (χ1v) is 9.34. The molecule has 0 spiro atoms. The van der Waals surface area contributed by atoms with Crippen LogP contribution >= 0.6 is 0 Å². The molecule has 0 aliphatic heterocycles. The van der Waals surface area contributed by atoms with Gasteiger partial charge in [0.15, 0.2) is 0 Å². The van der Waals surface area contributed by atoms with E-state index in [1.54, 1.807) is 24.3 Å². The summed E-state index contributed by atoms with van der Waals surface area (Å²) in [7, 11) is 0. The first-order chi connectivity index (χ1) is 11.8. The normalized spacial score (nSPS) is 14.5. The molecule has 25 heavy (non-hydrogen) atoms. The minimum absolute atomic E-state index is 0.0342. The van der Waals surface area contributed by atoms with E-state index in [4.69, 9.17) is 0 Å². The second-order valence-electron chi connectivity index (χ2n) is 8.05. The molecular weight excluding hydrogens is 308 g/mol. The van der Waals surface area contributed by atoms with Gasteiger partial charge in [-0.15, -0.1) is 0 Å². The van der Waals surface area contributed by atoms with Crippen LogP contribution in [0.5, 0.6) is 11.5 Å². The second-order valence-corrected chi connectivity index (χ2v) is 8.05. The second kappa shape index (κ2) is 7.95. The maximum absolute atomic E-state index is 9.59. The number of hydrogen-bond donors (Lipinski definition) is 2. The average molecular weight is 341 g/mol. The molecule has 2 nitrogen and oxygen atoms in total. The monoisotopic (exact) mass is 340 g/mol. The van der Waals surface area contributed by atoms with Gasteiger partial charge >= 0.3 is 0 Å². The molecule has 0 heterocycles. The molecule has 0 bridgehead atoms. The third-order valence-corrected chi connectivity index (χ3v) is 5.79. The molecule has 0 saturated heterocycles. The molecule has 0 saturated carbocycles. The Labute approximate surface area is 152 Å². The lowest BCUT2D eigenvalue weighted by Gasteiger charge is -2.38. The van der Waals surface area contributed by atoms with Crippen LogP contribution in [-0.4, -0.2) is 10.2 Å². The fourth-order valence-electron chi connectivity index (χ4n) is 3.92. The standard InChI is InChI=1S/C23H32O2/c1-6-18(23(4,5)19-9-13-21(25)14-10-19)15-22(16(2)3)17-7-11-20(24)12-8-17/h7-14,16,18,22,24-25H,6,15H2,1-5H3. The van der Waals surface area contributed by atoms with Crippen LogP contribution in [0, 0.1) is 11.8 Å².